The second-order valence-corrected chi connectivity index (χ2v) is 7.23. The van der Waals surface area contributed by atoms with Gasteiger partial charge in [0.2, 0.25) is 5.91 Å². The minimum absolute atomic E-state index is 0.135. The van der Waals surface area contributed by atoms with Crippen LogP contribution < -0.4 is 20.7 Å². The molecule has 8 nitrogen and oxygen atoms in total. The van der Waals surface area contributed by atoms with E-state index in [0.717, 1.165) is 11.3 Å². The van der Waals surface area contributed by atoms with Crippen molar-refractivity contribution in [2.75, 3.05) is 19.0 Å². The first-order valence-corrected chi connectivity index (χ1v) is 10.1. The van der Waals surface area contributed by atoms with Crippen LogP contribution in [0.3, 0.4) is 0 Å². The predicted octanol–water partition coefficient (Wildman–Crippen LogP) is 3.35. The minimum atomic E-state index is -0.443. The van der Waals surface area contributed by atoms with E-state index < -0.39 is 11.8 Å². The number of nitrogens with one attached hydrogen (secondary N) is 3. The third-order valence-electron chi connectivity index (χ3n) is 4.24. The molecule has 3 rings (SSSR count). The van der Waals surface area contributed by atoms with Crippen LogP contribution in [0.2, 0.25) is 0 Å². The topological polar surface area (TPSA) is 110 Å². The number of benzene rings is 2. The Labute approximate surface area is 187 Å². The van der Waals surface area contributed by atoms with Crippen LogP contribution in [0.1, 0.15) is 26.5 Å². The van der Waals surface area contributed by atoms with Crippen LogP contribution in [-0.4, -0.2) is 31.4 Å². The fraction of sp³-hybridized carbons (Fsp3) is 0.136. The molecule has 0 aliphatic rings. The molecule has 1 aromatic heterocycles. The summed E-state index contributed by atoms with van der Waals surface area (Å²) < 4.78 is 10.7. The molecule has 3 aromatic rings. The molecule has 0 spiro atoms. The van der Waals surface area contributed by atoms with Crippen molar-refractivity contribution in [2.24, 2.45) is 0 Å². The van der Waals surface area contributed by atoms with Crippen molar-refractivity contribution < 1.29 is 23.5 Å². The van der Waals surface area contributed by atoms with Crippen LogP contribution in [0.4, 0.5) is 5.69 Å². The number of methoxy groups -OCH3 is 1. The molecule has 3 amide bonds. The molecule has 0 bridgehead atoms. The highest BCUT2D eigenvalue weighted by Gasteiger charge is 2.13. The minimum Gasteiger partial charge on any atom is -0.497 e. The number of hydrogen-bond acceptors (Lipinski definition) is 5. The van der Waals surface area contributed by atoms with Crippen molar-refractivity contribution in [1.82, 2.24) is 10.6 Å². The molecule has 160 valence electrons. The third kappa shape index (κ3) is 6.45. The molecule has 2 aromatic carbocycles. The molecular weight excluding hydrogens is 466 g/mol. The van der Waals surface area contributed by atoms with Crippen molar-refractivity contribution in [3.05, 3.63) is 82.2 Å². The zero-order valence-electron chi connectivity index (χ0n) is 16.6. The summed E-state index contributed by atoms with van der Waals surface area (Å²) >= 11 is 3.14. The number of hydrogen-bond donors (Lipinski definition) is 3. The second-order valence-electron chi connectivity index (χ2n) is 6.45. The number of amides is 3. The molecule has 0 radical (unpaired) electrons. The Kier molecular flexibility index (Phi) is 7.45. The summed E-state index contributed by atoms with van der Waals surface area (Å²) in [4.78, 5) is 36.5. The SMILES string of the molecule is COc1ccc(CNC(=O)CNC(=O)c2cccc(NC(=O)c3ccc(Br)o3)c2)cc1. The van der Waals surface area contributed by atoms with E-state index in [1.165, 1.54) is 12.1 Å². The Hall–Kier alpha value is -3.59. The van der Waals surface area contributed by atoms with Gasteiger partial charge in [-0.1, -0.05) is 18.2 Å². The number of furan rings is 1. The van der Waals surface area contributed by atoms with E-state index in [-0.39, 0.29) is 18.2 Å². The van der Waals surface area contributed by atoms with E-state index in [9.17, 15) is 14.4 Å². The van der Waals surface area contributed by atoms with Crippen molar-refractivity contribution in [1.29, 1.82) is 0 Å². The average Bonchev–Trinajstić information content (AvgIpc) is 3.23. The number of rotatable bonds is 8. The maximum Gasteiger partial charge on any atom is 0.291 e. The maximum absolute atomic E-state index is 12.4. The van der Waals surface area contributed by atoms with Crippen LogP contribution in [-0.2, 0) is 11.3 Å². The van der Waals surface area contributed by atoms with Gasteiger partial charge in [0, 0.05) is 17.8 Å². The molecule has 1 heterocycles. The van der Waals surface area contributed by atoms with E-state index >= 15 is 0 Å². The first kappa shape index (κ1) is 22.1. The van der Waals surface area contributed by atoms with Gasteiger partial charge in [-0.25, -0.2) is 0 Å². The molecule has 3 N–H and O–H groups in total. The quantitative estimate of drug-likeness (QED) is 0.453. The molecule has 9 heteroatoms. The lowest BCUT2D eigenvalue weighted by Gasteiger charge is -2.09. The molecular formula is C22H20BrN3O5. The standard InChI is InChI=1S/C22H20BrN3O5/c1-30-17-7-5-14(6-8-17)12-24-20(27)13-25-21(28)15-3-2-4-16(11-15)26-22(29)18-9-10-19(23)31-18/h2-11H,12-13H2,1H3,(H,24,27)(H,25,28)(H,26,29). The van der Waals surface area contributed by atoms with Crippen LogP contribution in [0, 0.1) is 0 Å². The predicted molar refractivity (Wildman–Crippen MR) is 118 cm³/mol. The van der Waals surface area contributed by atoms with Crippen molar-refractivity contribution in [3.8, 4) is 5.75 Å². The van der Waals surface area contributed by atoms with Crippen molar-refractivity contribution in [3.63, 3.8) is 0 Å². The van der Waals surface area contributed by atoms with Crippen LogP contribution in [0.25, 0.3) is 0 Å². The molecule has 31 heavy (non-hydrogen) atoms. The van der Waals surface area contributed by atoms with E-state index in [1.54, 1.807) is 43.5 Å². The van der Waals surface area contributed by atoms with E-state index in [0.29, 0.717) is 22.5 Å². The second kappa shape index (κ2) is 10.4. The highest BCUT2D eigenvalue weighted by atomic mass is 79.9. The van der Waals surface area contributed by atoms with Gasteiger partial charge in [-0.3, -0.25) is 14.4 Å². The molecule has 0 aliphatic carbocycles. The third-order valence-corrected chi connectivity index (χ3v) is 4.66. The summed E-state index contributed by atoms with van der Waals surface area (Å²) in [7, 11) is 1.58. The largest absolute Gasteiger partial charge is 0.497 e. The summed E-state index contributed by atoms with van der Waals surface area (Å²) in [5.41, 5.74) is 1.64. The number of carbonyl (C=O) groups excluding carboxylic acids is 3. The molecule has 0 unspecified atom stereocenters. The summed E-state index contributed by atoms with van der Waals surface area (Å²) in [5.74, 6) is -0.331. The Morgan fingerprint density at radius 2 is 1.74 bits per heavy atom. The van der Waals surface area contributed by atoms with Gasteiger partial charge in [-0.15, -0.1) is 0 Å². The Balaban J connectivity index is 1.49. The van der Waals surface area contributed by atoms with Gasteiger partial charge in [0.05, 0.1) is 13.7 Å². The van der Waals surface area contributed by atoms with Crippen molar-refractivity contribution >= 4 is 39.3 Å². The molecule has 0 atom stereocenters. The average molecular weight is 486 g/mol. The Morgan fingerprint density at radius 1 is 0.968 bits per heavy atom. The molecule has 0 fully saturated rings. The van der Waals surface area contributed by atoms with Crippen LogP contribution in [0.15, 0.2) is 69.8 Å². The van der Waals surface area contributed by atoms with Crippen LogP contribution >= 0.6 is 15.9 Å². The molecule has 0 saturated heterocycles. The molecule has 0 aliphatic heterocycles. The fourth-order valence-electron chi connectivity index (χ4n) is 2.64. The van der Waals surface area contributed by atoms with Gasteiger partial charge in [0.1, 0.15) is 5.75 Å². The van der Waals surface area contributed by atoms with Crippen LogP contribution in [0.5, 0.6) is 5.75 Å². The lowest BCUT2D eigenvalue weighted by Crippen LogP contribution is -2.36. The lowest BCUT2D eigenvalue weighted by atomic mass is 10.2. The van der Waals surface area contributed by atoms with Gasteiger partial charge in [0.25, 0.3) is 11.8 Å². The number of carbonyl (C=O) groups is 3. The number of ether oxygens (including phenoxy) is 1. The summed E-state index contributed by atoms with van der Waals surface area (Å²) in [6.07, 6.45) is 0. The maximum atomic E-state index is 12.4. The summed E-state index contributed by atoms with van der Waals surface area (Å²) in [6, 6.07) is 16.8. The first-order valence-electron chi connectivity index (χ1n) is 9.29. The van der Waals surface area contributed by atoms with E-state index in [1.807, 2.05) is 12.1 Å². The first-order chi connectivity index (χ1) is 14.9. The van der Waals surface area contributed by atoms with E-state index in [4.69, 9.17) is 9.15 Å². The smallest absolute Gasteiger partial charge is 0.291 e. The summed E-state index contributed by atoms with van der Waals surface area (Å²) in [5, 5.41) is 7.95. The normalized spacial score (nSPS) is 10.3. The monoisotopic (exact) mass is 485 g/mol. The number of anilines is 1. The van der Waals surface area contributed by atoms with Crippen molar-refractivity contribution in [2.45, 2.75) is 6.54 Å². The van der Waals surface area contributed by atoms with Gasteiger partial charge < -0.3 is 25.1 Å². The van der Waals surface area contributed by atoms with Gasteiger partial charge >= 0.3 is 0 Å². The number of halogens is 1. The van der Waals surface area contributed by atoms with Gasteiger partial charge in [0.15, 0.2) is 10.4 Å². The lowest BCUT2D eigenvalue weighted by molar-refractivity contribution is -0.120. The molecule has 0 saturated carbocycles. The zero-order valence-corrected chi connectivity index (χ0v) is 18.2. The summed E-state index contributed by atoms with van der Waals surface area (Å²) in [6.45, 7) is 0.162. The fourth-order valence-corrected chi connectivity index (χ4v) is 2.94. The zero-order chi connectivity index (χ0) is 22.2. The van der Waals surface area contributed by atoms with Gasteiger partial charge in [-0.2, -0.15) is 0 Å². The van der Waals surface area contributed by atoms with Gasteiger partial charge in [-0.05, 0) is 64.0 Å². The highest BCUT2D eigenvalue weighted by Crippen LogP contribution is 2.17. The Bertz CT molecular complexity index is 1080. The highest BCUT2D eigenvalue weighted by molar-refractivity contribution is 9.10. The Morgan fingerprint density at radius 3 is 2.42 bits per heavy atom. The van der Waals surface area contributed by atoms with E-state index in [2.05, 4.69) is 31.9 Å².